The topological polar surface area (TPSA) is 75.4 Å². The van der Waals surface area contributed by atoms with Gasteiger partial charge in [-0.15, -0.1) is 0 Å². The molecule has 0 heterocycles. The first-order chi connectivity index (χ1) is 9.61. The molecule has 0 amide bonds. The Balaban J connectivity index is 2.14. The summed E-state index contributed by atoms with van der Waals surface area (Å²) in [6.07, 6.45) is 0. The fourth-order valence-electron chi connectivity index (χ4n) is 2.04. The summed E-state index contributed by atoms with van der Waals surface area (Å²) >= 11 is 0. The number of anilines is 1. The number of hydrogen-bond acceptors (Lipinski definition) is 4. The van der Waals surface area contributed by atoms with Crippen LogP contribution in [-0.2, 0) is 13.2 Å². The zero-order valence-electron chi connectivity index (χ0n) is 11.2. The SMILES string of the molecule is Cc1c(CNc2cccc(CO)c2)cccc1[N+](=O)[O-]. The second-order valence-corrected chi connectivity index (χ2v) is 4.53. The molecule has 0 spiro atoms. The van der Waals surface area contributed by atoms with Crippen LogP contribution in [-0.4, -0.2) is 10.0 Å². The molecule has 5 heteroatoms. The quantitative estimate of drug-likeness (QED) is 0.648. The number of aliphatic hydroxyl groups is 1. The molecule has 0 saturated heterocycles. The number of aliphatic hydroxyl groups excluding tert-OH is 1. The van der Waals surface area contributed by atoms with Gasteiger partial charge in [0.05, 0.1) is 11.5 Å². The highest BCUT2D eigenvalue weighted by atomic mass is 16.6. The fourth-order valence-corrected chi connectivity index (χ4v) is 2.04. The number of benzene rings is 2. The van der Waals surface area contributed by atoms with Gasteiger partial charge in [-0.3, -0.25) is 10.1 Å². The highest BCUT2D eigenvalue weighted by Crippen LogP contribution is 2.22. The van der Waals surface area contributed by atoms with Gasteiger partial charge in [0.2, 0.25) is 0 Å². The van der Waals surface area contributed by atoms with Gasteiger partial charge in [0.15, 0.2) is 0 Å². The first kappa shape index (κ1) is 14.0. The van der Waals surface area contributed by atoms with Crippen LogP contribution >= 0.6 is 0 Å². The van der Waals surface area contributed by atoms with E-state index in [1.165, 1.54) is 6.07 Å². The molecule has 5 nitrogen and oxygen atoms in total. The number of nitro benzene ring substituents is 1. The van der Waals surface area contributed by atoms with Crippen LogP contribution in [0.15, 0.2) is 42.5 Å². The molecular formula is C15H16N2O3. The monoisotopic (exact) mass is 272 g/mol. The summed E-state index contributed by atoms with van der Waals surface area (Å²) in [5.74, 6) is 0. The van der Waals surface area contributed by atoms with Crippen LogP contribution in [0.2, 0.25) is 0 Å². The van der Waals surface area contributed by atoms with Crippen molar-refractivity contribution >= 4 is 11.4 Å². The smallest absolute Gasteiger partial charge is 0.272 e. The summed E-state index contributed by atoms with van der Waals surface area (Å²) < 4.78 is 0. The third kappa shape index (κ3) is 3.13. The maximum Gasteiger partial charge on any atom is 0.272 e. The Labute approximate surface area is 117 Å². The van der Waals surface area contributed by atoms with Crippen LogP contribution in [0.25, 0.3) is 0 Å². The zero-order chi connectivity index (χ0) is 14.5. The fraction of sp³-hybridized carbons (Fsp3) is 0.200. The molecule has 2 aromatic carbocycles. The molecule has 20 heavy (non-hydrogen) atoms. The van der Waals surface area contributed by atoms with Crippen LogP contribution in [0.4, 0.5) is 11.4 Å². The van der Waals surface area contributed by atoms with E-state index in [1.807, 2.05) is 30.3 Å². The minimum Gasteiger partial charge on any atom is -0.392 e. The second-order valence-electron chi connectivity index (χ2n) is 4.53. The highest BCUT2D eigenvalue weighted by Gasteiger charge is 2.12. The summed E-state index contributed by atoms with van der Waals surface area (Å²) in [5.41, 5.74) is 3.39. The first-order valence-electron chi connectivity index (χ1n) is 6.28. The van der Waals surface area contributed by atoms with E-state index in [0.29, 0.717) is 12.1 Å². The van der Waals surface area contributed by atoms with E-state index in [9.17, 15) is 10.1 Å². The Bertz CT molecular complexity index is 626. The maximum absolute atomic E-state index is 10.9. The number of nitrogens with zero attached hydrogens (tertiary/aromatic N) is 1. The average Bonchev–Trinajstić information content (AvgIpc) is 2.46. The Hall–Kier alpha value is -2.40. The van der Waals surface area contributed by atoms with Crippen molar-refractivity contribution in [3.8, 4) is 0 Å². The predicted octanol–water partition coefficient (Wildman–Crippen LogP) is 3.01. The van der Waals surface area contributed by atoms with Gasteiger partial charge in [-0.05, 0) is 30.2 Å². The van der Waals surface area contributed by atoms with Gasteiger partial charge in [0.25, 0.3) is 5.69 Å². The Morgan fingerprint density at radius 3 is 2.70 bits per heavy atom. The second kappa shape index (κ2) is 6.16. The van der Waals surface area contributed by atoms with Crippen LogP contribution in [0, 0.1) is 17.0 Å². The van der Waals surface area contributed by atoms with Gasteiger partial charge >= 0.3 is 0 Å². The van der Waals surface area contributed by atoms with Crippen molar-refractivity contribution in [1.82, 2.24) is 0 Å². The molecule has 0 bridgehead atoms. The number of nitrogens with one attached hydrogen (secondary N) is 1. The van der Waals surface area contributed by atoms with Crippen molar-refractivity contribution in [2.75, 3.05) is 5.32 Å². The largest absolute Gasteiger partial charge is 0.392 e. The third-order valence-electron chi connectivity index (χ3n) is 3.21. The van der Waals surface area contributed by atoms with E-state index >= 15 is 0 Å². The normalized spacial score (nSPS) is 10.3. The molecule has 0 atom stereocenters. The van der Waals surface area contributed by atoms with Crippen LogP contribution in [0.1, 0.15) is 16.7 Å². The number of hydrogen-bond donors (Lipinski definition) is 2. The van der Waals surface area contributed by atoms with Crippen LogP contribution in [0.5, 0.6) is 0 Å². The molecule has 0 fully saturated rings. The molecule has 2 N–H and O–H groups in total. The summed E-state index contributed by atoms with van der Waals surface area (Å²) in [6, 6.07) is 12.5. The molecule has 0 aliphatic heterocycles. The van der Waals surface area contributed by atoms with Gasteiger partial charge < -0.3 is 10.4 Å². The van der Waals surface area contributed by atoms with Crippen LogP contribution < -0.4 is 5.32 Å². The van der Waals surface area contributed by atoms with Crippen LogP contribution in [0.3, 0.4) is 0 Å². The van der Waals surface area contributed by atoms with Crippen molar-refractivity contribution in [2.24, 2.45) is 0 Å². The lowest BCUT2D eigenvalue weighted by Gasteiger charge is -2.10. The van der Waals surface area contributed by atoms with Crippen molar-refractivity contribution in [3.05, 3.63) is 69.3 Å². The zero-order valence-corrected chi connectivity index (χ0v) is 11.2. The van der Waals surface area contributed by atoms with Gasteiger partial charge in [0, 0.05) is 23.9 Å². The lowest BCUT2D eigenvalue weighted by molar-refractivity contribution is -0.385. The van der Waals surface area contributed by atoms with E-state index in [-0.39, 0.29) is 17.2 Å². The van der Waals surface area contributed by atoms with Gasteiger partial charge in [0.1, 0.15) is 0 Å². The van der Waals surface area contributed by atoms with E-state index in [2.05, 4.69) is 5.32 Å². The van der Waals surface area contributed by atoms with Crippen molar-refractivity contribution in [3.63, 3.8) is 0 Å². The Morgan fingerprint density at radius 2 is 2.00 bits per heavy atom. The minimum absolute atomic E-state index is 0.00857. The molecule has 0 aliphatic rings. The Kier molecular flexibility index (Phi) is 4.32. The predicted molar refractivity (Wildman–Crippen MR) is 77.5 cm³/mol. The third-order valence-corrected chi connectivity index (χ3v) is 3.21. The standard InChI is InChI=1S/C15H16N2O3/c1-11-13(5-3-7-15(11)17(19)20)9-16-14-6-2-4-12(8-14)10-18/h2-8,16,18H,9-10H2,1H3. The number of nitro groups is 1. The van der Waals surface area contributed by atoms with Gasteiger partial charge in [-0.2, -0.15) is 0 Å². The summed E-state index contributed by atoms with van der Waals surface area (Å²) in [5, 5.41) is 23.2. The molecular weight excluding hydrogens is 256 g/mol. The van der Waals surface area contributed by atoms with Gasteiger partial charge in [-0.1, -0.05) is 24.3 Å². The molecule has 0 radical (unpaired) electrons. The molecule has 0 aliphatic carbocycles. The molecule has 0 saturated carbocycles. The average molecular weight is 272 g/mol. The van der Waals surface area contributed by atoms with Crippen molar-refractivity contribution < 1.29 is 10.0 Å². The van der Waals surface area contributed by atoms with E-state index in [4.69, 9.17) is 5.11 Å². The highest BCUT2D eigenvalue weighted by molar-refractivity contribution is 5.49. The summed E-state index contributed by atoms with van der Waals surface area (Å²) in [7, 11) is 0. The Morgan fingerprint density at radius 1 is 1.25 bits per heavy atom. The molecule has 2 aromatic rings. The minimum atomic E-state index is -0.370. The molecule has 2 rings (SSSR count). The van der Waals surface area contributed by atoms with E-state index < -0.39 is 0 Å². The molecule has 104 valence electrons. The maximum atomic E-state index is 10.9. The van der Waals surface area contributed by atoms with Gasteiger partial charge in [-0.25, -0.2) is 0 Å². The van der Waals surface area contributed by atoms with Crippen molar-refractivity contribution in [2.45, 2.75) is 20.1 Å². The first-order valence-corrected chi connectivity index (χ1v) is 6.28. The molecule has 0 aromatic heterocycles. The van der Waals surface area contributed by atoms with E-state index in [0.717, 1.165) is 16.8 Å². The van der Waals surface area contributed by atoms with E-state index in [1.54, 1.807) is 13.0 Å². The lowest BCUT2D eigenvalue weighted by Crippen LogP contribution is -2.03. The number of rotatable bonds is 5. The lowest BCUT2D eigenvalue weighted by atomic mass is 10.1. The summed E-state index contributed by atoms with van der Waals surface area (Å²) in [6.45, 7) is 2.24. The molecule has 0 unspecified atom stereocenters. The van der Waals surface area contributed by atoms with Crippen molar-refractivity contribution in [1.29, 1.82) is 0 Å². The summed E-state index contributed by atoms with van der Waals surface area (Å²) in [4.78, 5) is 10.5.